The molecule has 0 radical (unpaired) electrons. The van der Waals surface area contributed by atoms with Gasteiger partial charge in [-0.15, -0.1) is 11.3 Å². The van der Waals surface area contributed by atoms with Crippen molar-refractivity contribution in [3.8, 4) is 0 Å². The van der Waals surface area contributed by atoms with Gasteiger partial charge in [-0.2, -0.15) is 0 Å². The molecule has 0 fully saturated rings. The van der Waals surface area contributed by atoms with Crippen LogP contribution in [0.1, 0.15) is 23.0 Å². The lowest BCUT2D eigenvalue weighted by Gasteiger charge is -2.19. The molecule has 1 aromatic carbocycles. The zero-order valence-corrected chi connectivity index (χ0v) is 12.1. The van der Waals surface area contributed by atoms with Gasteiger partial charge < -0.3 is 0 Å². The van der Waals surface area contributed by atoms with E-state index in [2.05, 4.69) is 9.88 Å². The van der Waals surface area contributed by atoms with E-state index in [0.29, 0.717) is 0 Å². The number of hydrogen-bond donors (Lipinski definition) is 0. The van der Waals surface area contributed by atoms with E-state index in [4.69, 9.17) is 0 Å². The Balaban J connectivity index is 1.90. The number of carbonyl (C=O) groups excluding carboxylic acids is 1. The molecule has 1 atom stereocenters. The van der Waals surface area contributed by atoms with E-state index in [1.807, 2.05) is 55.2 Å². The van der Waals surface area contributed by atoms with Gasteiger partial charge >= 0.3 is 0 Å². The molecule has 0 spiro atoms. The van der Waals surface area contributed by atoms with Gasteiger partial charge in [-0.05, 0) is 7.05 Å². The molecular weight excluding hydrogens is 256 g/mol. The largest absolute Gasteiger partial charge is 0.300 e. The van der Waals surface area contributed by atoms with Crippen LogP contribution in [-0.2, 0) is 6.54 Å². The van der Waals surface area contributed by atoms with Crippen molar-refractivity contribution in [2.75, 3.05) is 13.6 Å². The third kappa shape index (κ3) is 3.98. The summed E-state index contributed by atoms with van der Waals surface area (Å²) in [5.74, 6) is 0.191. The third-order valence-corrected chi connectivity index (χ3v) is 3.64. The van der Waals surface area contributed by atoms with Gasteiger partial charge in [-0.1, -0.05) is 37.3 Å². The number of hydrogen-bond acceptors (Lipinski definition) is 4. The molecule has 0 aliphatic carbocycles. The van der Waals surface area contributed by atoms with Crippen molar-refractivity contribution < 1.29 is 4.79 Å². The summed E-state index contributed by atoms with van der Waals surface area (Å²) in [7, 11) is 2.02. The number of aromatic nitrogens is 1. The number of carbonyl (C=O) groups is 1. The quantitative estimate of drug-likeness (QED) is 0.759. The van der Waals surface area contributed by atoms with E-state index >= 15 is 0 Å². The van der Waals surface area contributed by atoms with Crippen LogP contribution in [-0.4, -0.2) is 29.3 Å². The zero-order chi connectivity index (χ0) is 13.7. The van der Waals surface area contributed by atoms with Crippen molar-refractivity contribution in [2.24, 2.45) is 5.92 Å². The second kappa shape index (κ2) is 6.59. The minimum absolute atomic E-state index is 0.00830. The van der Waals surface area contributed by atoms with Crippen molar-refractivity contribution in [3.05, 3.63) is 52.5 Å². The van der Waals surface area contributed by atoms with Crippen LogP contribution >= 0.6 is 11.3 Å². The lowest BCUT2D eigenvalue weighted by molar-refractivity contribution is 0.0900. The predicted molar refractivity (Wildman–Crippen MR) is 78.4 cm³/mol. The Morgan fingerprint density at radius 1 is 1.37 bits per heavy atom. The van der Waals surface area contributed by atoms with Crippen LogP contribution < -0.4 is 0 Å². The van der Waals surface area contributed by atoms with Crippen LogP contribution in [0.3, 0.4) is 0 Å². The summed E-state index contributed by atoms with van der Waals surface area (Å²) in [6.45, 7) is 3.51. The Morgan fingerprint density at radius 2 is 2.11 bits per heavy atom. The van der Waals surface area contributed by atoms with Gasteiger partial charge in [0.15, 0.2) is 5.78 Å². The SMILES string of the molecule is CC(CN(C)Cc1cscn1)C(=O)c1ccccc1. The number of Topliss-reactive ketones (excluding diaryl/α,β-unsaturated/α-hetero) is 1. The lowest BCUT2D eigenvalue weighted by atomic mass is 9.99. The standard InChI is InChI=1S/C15H18N2OS/c1-12(15(18)13-6-4-3-5-7-13)8-17(2)9-14-10-19-11-16-14/h3-7,10-12H,8-9H2,1-2H3. The van der Waals surface area contributed by atoms with Crippen LogP contribution in [0.5, 0.6) is 0 Å². The molecular formula is C15H18N2OS. The summed E-state index contributed by atoms with van der Waals surface area (Å²) >= 11 is 1.60. The summed E-state index contributed by atoms with van der Waals surface area (Å²) in [6, 6.07) is 9.48. The molecule has 1 aromatic heterocycles. The smallest absolute Gasteiger partial charge is 0.166 e. The zero-order valence-electron chi connectivity index (χ0n) is 11.2. The number of ketones is 1. The summed E-state index contributed by atoms with van der Waals surface area (Å²) < 4.78 is 0. The van der Waals surface area contributed by atoms with Crippen molar-refractivity contribution in [1.82, 2.24) is 9.88 Å². The molecule has 19 heavy (non-hydrogen) atoms. The topological polar surface area (TPSA) is 33.2 Å². The van der Waals surface area contributed by atoms with E-state index < -0.39 is 0 Å². The molecule has 1 heterocycles. The Morgan fingerprint density at radius 3 is 2.74 bits per heavy atom. The second-order valence-electron chi connectivity index (χ2n) is 4.81. The summed E-state index contributed by atoms with van der Waals surface area (Å²) in [5.41, 5.74) is 3.69. The van der Waals surface area contributed by atoms with Crippen LogP contribution in [0.2, 0.25) is 0 Å². The molecule has 0 aliphatic heterocycles. The molecule has 3 nitrogen and oxygen atoms in total. The van der Waals surface area contributed by atoms with Gasteiger partial charge in [0.05, 0.1) is 11.2 Å². The highest BCUT2D eigenvalue weighted by Crippen LogP contribution is 2.11. The van der Waals surface area contributed by atoms with Gasteiger partial charge in [-0.3, -0.25) is 9.69 Å². The fraction of sp³-hybridized carbons (Fsp3) is 0.333. The van der Waals surface area contributed by atoms with Crippen molar-refractivity contribution in [3.63, 3.8) is 0 Å². The minimum Gasteiger partial charge on any atom is -0.300 e. The molecule has 0 saturated carbocycles. The van der Waals surface area contributed by atoms with E-state index in [-0.39, 0.29) is 11.7 Å². The van der Waals surface area contributed by atoms with Gasteiger partial charge in [0.2, 0.25) is 0 Å². The van der Waals surface area contributed by atoms with E-state index in [9.17, 15) is 4.79 Å². The highest BCUT2D eigenvalue weighted by Gasteiger charge is 2.17. The molecule has 0 aliphatic rings. The third-order valence-electron chi connectivity index (χ3n) is 3.01. The minimum atomic E-state index is -0.00830. The van der Waals surface area contributed by atoms with Crippen molar-refractivity contribution in [1.29, 1.82) is 0 Å². The first-order chi connectivity index (χ1) is 9.16. The van der Waals surface area contributed by atoms with Crippen LogP contribution in [0.15, 0.2) is 41.2 Å². The Hall–Kier alpha value is -1.52. The van der Waals surface area contributed by atoms with E-state index in [1.165, 1.54) is 0 Å². The summed E-state index contributed by atoms with van der Waals surface area (Å²) in [6.07, 6.45) is 0. The first-order valence-electron chi connectivity index (χ1n) is 6.31. The molecule has 0 bridgehead atoms. The van der Waals surface area contributed by atoms with Crippen molar-refractivity contribution >= 4 is 17.1 Å². The maximum atomic E-state index is 12.2. The first-order valence-corrected chi connectivity index (χ1v) is 7.26. The fourth-order valence-electron chi connectivity index (χ4n) is 2.09. The number of rotatable bonds is 6. The van der Waals surface area contributed by atoms with Gasteiger partial charge in [0.25, 0.3) is 0 Å². The molecule has 2 aromatic rings. The Kier molecular flexibility index (Phi) is 4.82. The van der Waals surface area contributed by atoms with Gasteiger partial charge in [0.1, 0.15) is 0 Å². The average molecular weight is 274 g/mol. The first kappa shape index (κ1) is 13.9. The highest BCUT2D eigenvalue weighted by atomic mass is 32.1. The number of nitrogens with zero attached hydrogens (tertiary/aromatic N) is 2. The molecule has 100 valence electrons. The highest BCUT2D eigenvalue weighted by molar-refractivity contribution is 7.07. The Bertz CT molecular complexity index is 510. The molecule has 1 unspecified atom stereocenters. The van der Waals surface area contributed by atoms with Gasteiger partial charge in [-0.25, -0.2) is 4.98 Å². The van der Waals surface area contributed by atoms with Crippen LogP contribution in [0.25, 0.3) is 0 Å². The molecule has 2 rings (SSSR count). The molecule has 4 heteroatoms. The van der Waals surface area contributed by atoms with Crippen LogP contribution in [0, 0.1) is 5.92 Å². The van der Waals surface area contributed by atoms with Gasteiger partial charge in [0, 0.05) is 30.0 Å². The maximum Gasteiger partial charge on any atom is 0.166 e. The average Bonchev–Trinajstić information content (AvgIpc) is 2.91. The normalized spacial score (nSPS) is 12.6. The van der Waals surface area contributed by atoms with Crippen molar-refractivity contribution in [2.45, 2.75) is 13.5 Å². The maximum absolute atomic E-state index is 12.2. The number of thiazole rings is 1. The molecule has 0 amide bonds. The summed E-state index contributed by atoms with van der Waals surface area (Å²) in [4.78, 5) is 18.6. The fourth-order valence-corrected chi connectivity index (χ4v) is 2.64. The van der Waals surface area contributed by atoms with E-state index in [0.717, 1.165) is 24.3 Å². The number of benzene rings is 1. The van der Waals surface area contributed by atoms with Crippen LogP contribution in [0.4, 0.5) is 0 Å². The Labute approximate surface area is 117 Å². The predicted octanol–water partition coefficient (Wildman–Crippen LogP) is 3.09. The van der Waals surface area contributed by atoms with E-state index in [1.54, 1.807) is 11.3 Å². The summed E-state index contributed by atoms with van der Waals surface area (Å²) in [5, 5.41) is 2.04. The monoisotopic (exact) mass is 274 g/mol. The lowest BCUT2D eigenvalue weighted by Crippen LogP contribution is -2.28. The molecule has 0 N–H and O–H groups in total. The molecule has 0 saturated heterocycles. The second-order valence-corrected chi connectivity index (χ2v) is 5.53.